The minimum Gasteiger partial charge on any atom is -0.494 e. The highest BCUT2D eigenvalue weighted by Gasteiger charge is 2.03. The molecule has 18 heavy (non-hydrogen) atoms. The Hall–Kier alpha value is -1.62. The van der Waals surface area contributed by atoms with Gasteiger partial charge in [-0.1, -0.05) is 13.3 Å². The Morgan fingerprint density at radius 1 is 1.22 bits per heavy atom. The second-order valence-corrected chi connectivity index (χ2v) is 4.06. The standard InChI is InChI=1S/C13H20N2O3/c1-2-3-9-14-10-4-11-18-13-7-5-12(6-8-13)15(16)17/h5-8,14H,2-4,9-11H2,1H3. The van der Waals surface area contributed by atoms with Crippen LogP contribution < -0.4 is 10.1 Å². The largest absolute Gasteiger partial charge is 0.494 e. The minimum absolute atomic E-state index is 0.0867. The average Bonchev–Trinajstić information content (AvgIpc) is 2.38. The molecule has 0 aliphatic heterocycles. The molecule has 1 aromatic carbocycles. The number of benzene rings is 1. The van der Waals surface area contributed by atoms with Crippen LogP contribution in [0.25, 0.3) is 0 Å². The van der Waals surface area contributed by atoms with Crippen molar-refractivity contribution in [3.8, 4) is 5.75 Å². The van der Waals surface area contributed by atoms with Gasteiger partial charge in [0.15, 0.2) is 0 Å². The summed E-state index contributed by atoms with van der Waals surface area (Å²) in [5.41, 5.74) is 0.0867. The second kappa shape index (κ2) is 8.47. The Balaban J connectivity index is 2.14. The predicted molar refractivity (Wildman–Crippen MR) is 71.0 cm³/mol. The van der Waals surface area contributed by atoms with Crippen molar-refractivity contribution in [2.24, 2.45) is 0 Å². The van der Waals surface area contributed by atoms with E-state index in [9.17, 15) is 10.1 Å². The Morgan fingerprint density at radius 3 is 2.50 bits per heavy atom. The first-order valence-corrected chi connectivity index (χ1v) is 6.32. The molecule has 0 saturated carbocycles. The van der Waals surface area contributed by atoms with Gasteiger partial charge in [0.1, 0.15) is 5.75 Å². The number of rotatable bonds is 9. The molecule has 1 aromatic rings. The van der Waals surface area contributed by atoms with Crippen molar-refractivity contribution in [1.29, 1.82) is 0 Å². The van der Waals surface area contributed by atoms with Gasteiger partial charge in [-0.2, -0.15) is 0 Å². The molecule has 0 aliphatic carbocycles. The number of non-ortho nitro benzene ring substituents is 1. The van der Waals surface area contributed by atoms with Crippen molar-refractivity contribution in [1.82, 2.24) is 5.32 Å². The summed E-state index contributed by atoms with van der Waals surface area (Å²) in [6.07, 6.45) is 3.33. The average molecular weight is 252 g/mol. The molecule has 5 heteroatoms. The summed E-state index contributed by atoms with van der Waals surface area (Å²) in [4.78, 5) is 10.0. The van der Waals surface area contributed by atoms with Gasteiger partial charge in [0.2, 0.25) is 0 Å². The number of nitrogens with one attached hydrogen (secondary N) is 1. The van der Waals surface area contributed by atoms with Gasteiger partial charge in [0, 0.05) is 12.1 Å². The molecule has 0 atom stereocenters. The van der Waals surface area contributed by atoms with E-state index in [1.54, 1.807) is 12.1 Å². The third kappa shape index (κ3) is 5.63. The van der Waals surface area contributed by atoms with Crippen LogP contribution in [0.2, 0.25) is 0 Å². The Kier molecular flexibility index (Phi) is 6.79. The van der Waals surface area contributed by atoms with Crippen LogP contribution in [-0.2, 0) is 0 Å². The molecule has 0 amide bonds. The maximum Gasteiger partial charge on any atom is 0.269 e. The van der Waals surface area contributed by atoms with E-state index in [2.05, 4.69) is 12.2 Å². The summed E-state index contributed by atoms with van der Waals surface area (Å²) in [5.74, 6) is 0.675. The van der Waals surface area contributed by atoms with E-state index in [1.807, 2.05) is 0 Å². The van der Waals surface area contributed by atoms with Crippen LogP contribution in [0, 0.1) is 10.1 Å². The van der Waals surface area contributed by atoms with Crippen molar-refractivity contribution >= 4 is 5.69 Å². The van der Waals surface area contributed by atoms with E-state index in [-0.39, 0.29) is 5.69 Å². The van der Waals surface area contributed by atoms with Crippen LogP contribution >= 0.6 is 0 Å². The summed E-state index contributed by atoms with van der Waals surface area (Å²) in [5, 5.41) is 13.8. The molecule has 0 heterocycles. The van der Waals surface area contributed by atoms with Crippen LogP contribution in [0.1, 0.15) is 26.2 Å². The molecule has 1 rings (SSSR count). The van der Waals surface area contributed by atoms with Gasteiger partial charge in [-0.3, -0.25) is 10.1 Å². The zero-order chi connectivity index (χ0) is 13.2. The fourth-order valence-electron chi connectivity index (χ4n) is 1.48. The van der Waals surface area contributed by atoms with E-state index in [4.69, 9.17) is 4.74 Å². The third-order valence-electron chi connectivity index (χ3n) is 2.52. The third-order valence-corrected chi connectivity index (χ3v) is 2.52. The van der Waals surface area contributed by atoms with Crippen LogP contribution in [0.3, 0.4) is 0 Å². The molecule has 0 saturated heterocycles. The van der Waals surface area contributed by atoms with Gasteiger partial charge in [0.05, 0.1) is 11.5 Å². The lowest BCUT2D eigenvalue weighted by Gasteiger charge is -2.06. The molecular weight excluding hydrogens is 232 g/mol. The van der Waals surface area contributed by atoms with Gasteiger partial charge in [-0.05, 0) is 38.1 Å². The van der Waals surface area contributed by atoms with E-state index < -0.39 is 4.92 Å². The minimum atomic E-state index is -0.415. The number of ether oxygens (including phenoxy) is 1. The lowest BCUT2D eigenvalue weighted by Crippen LogP contribution is -2.18. The molecule has 0 unspecified atom stereocenters. The van der Waals surface area contributed by atoms with Crippen molar-refractivity contribution in [3.05, 3.63) is 34.4 Å². The molecule has 0 radical (unpaired) electrons. The first kappa shape index (κ1) is 14.4. The number of hydrogen-bond acceptors (Lipinski definition) is 4. The van der Waals surface area contributed by atoms with Gasteiger partial charge >= 0.3 is 0 Å². The number of nitro groups is 1. The first-order chi connectivity index (χ1) is 8.74. The molecule has 0 aliphatic rings. The van der Waals surface area contributed by atoms with E-state index >= 15 is 0 Å². The quantitative estimate of drug-likeness (QED) is 0.417. The topological polar surface area (TPSA) is 64.4 Å². The van der Waals surface area contributed by atoms with Gasteiger partial charge in [-0.15, -0.1) is 0 Å². The normalized spacial score (nSPS) is 10.3. The second-order valence-electron chi connectivity index (χ2n) is 4.06. The van der Waals surface area contributed by atoms with Gasteiger partial charge < -0.3 is 10.1 Å². The zero-order valence-corrected chi connectivity index (χ0v) is 10.7. The molecule has 5 nitrogen and oxygen atoms in total. The van der Waals surface area contributed by atoms with Crippen molar-refractivity contribution in [2.45, 2.75) is 26.2 Å². The number of nitro benzene ring substituents is 1. The maximum absolute atomic E-state index is 10.5. The zero-order valence-electron chi connectivity index (χ0n) is 10.7. The van der Waals surface area contributed by atoms with Crippen LogP contribution in [-0.4, -0.2) is 24.6 Å². The fraction of sp³-hybridized carbons (Fsp3) is 0.538. The SMILES string of the molecule is CCCCNCCCOc1ccc([N+](=O)[O-])cc1. The highest BCUT2D eigenvalue weighted by Crippen LogP contribution is 2.17. The lowest BCUT2D eigenvalue weighted by atomic mass is 10.3. The number of hydrogen-bond donors (Lipinski definition) is 1. The van der Waals surface area contributed by atoms with Crippen molar-refractivity contribution in [3.63, 3.8) is 0 Å². The summed E-state index contributed by atoms with van der Waals surface area (Å²) in [7, 11) is 0. The molecule has 0 spiro atoms. The van der Waals surface area contributed by atoms with E-state index in [1.165, 1.54) is 25.0 Å². The predicted octanol–water partition coefficient (Wildman–Crippen LogP) is 2.75. The van der Waals surface area contributed by atoms with Gasteiger partial charge in [0.25, 0.3) is 5.69 Å². The Morgan fingerprint density at radius 2 is 1.89 bits per heavy atom. The highest BCUT2D eigenvalue weighted by atomic mass is 16.6. The van der Waals surface area contributed by atoms with Crippen LogP contribution in [0.5, 0.6) is 5.75 Å². The molecule has 0 aromatic heterocycles. The summed E-state index contributed by atoms with van der Waals surface area (Å²) < 4.78 is 5.48. The molecule has 1 N–H and O–H groups in total. The summed E-state index contributed by atoms with van der Waals surface area (Å²) in [6, 6.07) is 6.16. The lowest BCUT2D eigenvalue weighted by molar-refractivity contribution is -0.384. The Bertz CT molecular complexity index is 352. The summed E-state index contributed by atoms with van der Waals surface area (Å²) >= 11 is 0. The van der Waals surface area contributed by atoms with Gasteiger partial charge in [-0.25, -0.2) is 0 Å². The number of nitrogens with zero attached hydrogens (tertiary/aromatic N) is 1. The molecule has 0 fully saturated rings. The van der Waals surface area contributed by atoms with Crippen molar-refractivity contribution in [2.75, 3.05) is 19.7 Å². The Labute approximate surface area is 107 Å². The molecule has 0 bridgehead atoms. The molecular formula is C13H20N2O3. The monoisotopic (exact) mass is 252 g/mol. The highest BCUT2D eigenvalue weighted by molar-refractivity contribution is 5.35. The van der Waals surface area contributed by atoms with Crippen molar-refractivity contribution < 1.29 is 9.66 Å². The van der Waals surface area contributed by atoms with Crippen LogP contribution in [0.4, 0.5) is 5.69 Å². The van der Waals surface area contributed by atoms with E-state index in [0.717, 1.165) is 19.5 Å². The number of unbranched alkanes of at least 4 members (excludes halogenated alkanes) is 1. The smallest absolute Gasteiger partial charge is 0.269 e. The molecule has 100 valence electrons. The maximum atomic E-state index is 10.5. The summed E-state index contributed by atoms with van der Waals surface area (Å²) in [6.45, 7) is 4.78. The first-order valence-electron chi connectivity index (χ1n) is 6.32. The van der Waals surface area contributed by atoms with Crippen LogP contribution in [0.15, 0.2) is 24.3 Å². The van der Waals surface area contributed by atoms with E-state index in [0.29, 0.717) is 12.4 Å². The fourth-order valence-corrected chi connectivity index (χ4v) is 1.48.